The van der Waals surface area contributed by atoms with Gasteiger partial charge in [0.2, 0.25) is 5.91 Å². The molecule has 3 aromatic rings. The van der Waals surface area contributed by atoms with Crippen LogP contribution < -0.4 is 5.32 Å². The molecule has 2 aromatic carbocycles. The van der Waals surface area contributed by atoms with E-state index >= 15 is 0 Å². The van der Waals surface area contributed by atoms with Gasteiger partial charge in [0.15, 0.2) is 10.9 Å². The smallest absolute Gasteiger partial charge is 0.221 e. The van der Waals surface area contributed by atoms with E-state index in [4.69, 9.17) is 9.15 Å². The molecule has 6 heteroatoms. The van der Waals surface area contributed by atoms with Crippen molar-refractivity contribution in [1.29, 1.82) is 0 Å². The third-order valence-corrected chi connectivity index (χ3v) is 5.44. The van der Waals surface area contributed by atoms with E-state index in [1.807, 2.05) is 60.7 Å². The van der Waals surface area contributed by atoms with Gasteiger partial charge in [-0.3, -0.25) is 9.69 Å². The lowest BCUT2D eigenvalue weighted by molar-refractivity contribution is -0.122. The highest BCUT2D eigenvalue weighted by Crippen LogP contribution is 2.35. The fourth-order valence-electron chi connectivity index (χ4n) is 3.56. The first kappa shape index (κ1) is 19.9. The number of ether oxygens (including phenoxy) is 1. The molecular formula is C23H23BrN2O3. The molecule has 0 aliphatic carbocycles. The average molecular weight is 455 g/mol. The number of benzene rings is 2. The van der Waals surface area contributed by atoms with Crippen molar-refractivity contribution < 1.29 is 13.9 Å². The number of hydrogen-bond donors (Lipinski definition) is 1. The van der Waals surface area contributed by atoms with Crippen LogP contribution >= 0.6 is 15.9 Å². The van der Waals surface area contributed by atoms with Gasteiger partial charge in [-0.15, -0.1) is 0 Å². The molecule has 2 heterocycles. The van der Waals surface area contributed by atoms with Crippen molar-refractivity contribution in [2.45, 2.75) is 31.8 Å². The Morgan fingerprint density at radius 1 is 1.00 bits per heavy atom. The lowest BCUT2D eigenvalue weighted by Crippen LogP contribution is -2.37. The monoisotopic (exact) mass is 454 g/mol. The zero-order valence-corrected chi connectivity index (χ0v) is 17.5. The molecule has 0 spiro atoms. The molecule has 2 atom stereocenters. The number of amides is 1. The molecule has 1 aromatic heterocycles. The van der Waals surface area contributed by atoms with Gasteiger partial charge >= 0.3 is 0 Å². The number of nitrogens with zero attached hydrogens (tertiary/aromatic N) is 1. The van der Waals surface area contributed by atoms with E-state index in [2.05, 4.69) is 38.3 Å². The maximum Gasteiger partial charge on any atom is 0.221 e. The molecular weight excluding hydrogens is 432 g/mol. The normalized spacial score (nSPS) is 19.3. The molecule has 1 N–H and O–H groups in total. The second-order valence-corrected chi connectivity index (χ2v) is 7.89. The van der Waals surface area contributed by atoms with Crippen molar-refractivity contribution in [3.8, 4) is 0 Å². The summed E-state index contributed by atoms with van der Waals surface area (Å²) in [6.07, 6.45) is 0.0614. The molecule has 0 radical (unpaired) electrons. The summed E-state index contributed by atoms with van der Waals surface area (Å²) in [6, 6.07) is 23.9. The van der Waals surface area contributed by atoms with Crippen LogP contribution in [0.15, 0.2) is 81.9 Å². The summed E-state index contributed by atoms with van der Waals surface area (Å²) in [5.41, 5.74) is 2.26. The van der Waals surface area contributed by atoms with Gasteiger partial charge in [0, 0.05) is 25.6 Å². The highest BCUT2D eigenvalue weighted by atomic mass is 79.9. The fourth-order valence-corrected chi connectivity index (χ4v) is 3.88. The maximum atomic E-state index is 12.6. The van der Waals surface area contributed by atoms with Crippen LogP contribution in [0.3, 0.4) is 0 Å². The first-order chi connectivity index (χ1) is 14.2. The zero-order chi connectivity index (χ0) is 20.1. The minimum Gasteiger partial charge on any atom is -0.450 e. The van der Waals surface area contributed by atoms with E-state index in [0.717, 1.165) is 11.3 Å². The summed E-state index contributed by atoms with van der Waals surface area (Å²) in [7, 11) is 0. The standard InChI is InChI=1S/C23H23BrN2O3/c24-21-12-11-20(29-21)23-26(15-18-9-5-2-6-10-18)19(16-28-23)13-22(27)25-14-17-7-3-1-4-8-17/h1-12,19,23H,13-16H2,(H,25,27). The Labute approximate surface area is 178 Å². The summed E-state index contributed by atoms with van der Waals surface area (Å²) in [6.45, 7) is 1.69. The number of carbonyl (C=O) groups excluding carboxylic acids is 1. The third-order valence-electron chi connectivity index (χ3n) is 5.02. The number of halogens is 1. The van der Waals surface area contributed by atoms with Crippen molar-refractivity contribution in [2.75, 3.05) is 6.61 Å². The maximum absolute atomic E-state index is 12.6. The molecule has 1 fully saturated rings. The van der Waals surface area contributed by atoms with Crippen molar-refractivity contribution in [3.05, 3.63) is 94.4 Å². The van der Waals surface area contributed by atoms with Crippen molar-refractivity contribution in [2.24, 2.45) is 0 Å². The van der Waals surface area contributed by atoms with Crippen LogP contribution in [0, 0.1) is 0 Å². The van der Waals surface area contributed by atoms with E-state index < -0.39 is 0 Å². The minimum absolute atomic E-state index is 0.0155. The minimum atomic E-state index is -0.312. The van der Waals surface area contributed by atoms with Crippen LogP contribution in [0.5, 0.6) is 0 Å². The quantitative estimate of drug-likeness (QED) is 0.564. The summed E-state index contributed by atoms with van der Waals surface area (Å²) in [5, 5.41) is 3.02. The van der Waals surface area contributed by atoms with E-state index in [-0.39, 0.29) is 18.2 Å². The molecule has 0 saturated carbocycles. The molecule has 150 valence electrons. The van der Waals surface area contributed by atoms with Gasteiger partial charge in [-0.1, -0.05) is 60.7 Å². The molecule has 2 unspecified atom stereocenters. The van der Waals surface area contributed by atoms with Crippen LogP contribution in [0.25, 0.3) is 0 Å². The van der Waals surface area contributed by atoms with Crippen LogP contribution in [-0.2, 0) is 22.6 Å². The lowest BCUT2D eigenvalue weighted by atomic mass is 10.1. The zero-order valence-electron chi connectivity index (χ0n) is 16.0. The van der Waals surface area contributed by atoms with Gasteiger partial charge in [-0.2, -0.15) is 0 Å². The van der Waals surface area contributed by atoms with Gasteiger partial charge in [-0.05, 0) is 39.2 Å². The number of hydrogen-bond acceptors (Lipinski definition) is 4. The van der Waals surface area contributed by atoms with Crippen LogP contribution in [0.4, 0.5) is 0 Å². The van der Waals surface area contributed by atoms with Gasteiger partial charge in [0.1, 0.15) is 5.76 Å². The molecule has 29 heavy (non-hydrogen) atoms. The molecule has 1 aliphatic heterocycles. The van der Waals surface area contributed by atoms with Gasteiger partial charge in [0.25, 0.3) is 0 Å². The Morgan fingerprint density at radius 3 is 2.34 bits per heavy atom. The summed E-state index contributed by atoms with van der Waals surface area (Å²) >= 11 is 3.36. The van der Waals surface area contributed by atoms with Crippen LogP contribution in [0.2, 0.25) is 0 Å². The Bertz CT molecular complexity index is 930. The second-order valence-electron chi connectivity index (χ2n) is 7.11. The second kappa shape index (κ2) is 9.39. The van der Waals surface area contributed by atoms with Gasteiger partial charge in [0.05, 0.1) is 6.61 Å². The lowest BCUT2D eigenvalue weighted by Gasteiger charge is -2.26. The molecule has 4 rings (SSSR count). The number of rotatable bonds is 7. The number of furan rings is 1. The Kier molecular flexibility index (Phi) is 6.44. The molecule has 1 amide bonds. The SMILES string of the molecule is O=C(CC1COC(c2ccc(Br)o2)N1Cc1ccccc1)NCc1ccccc1. The van der Waals surface area contributed by atoms with E-state index in [1.54, 1.807) is 0 Å². The predicted molar refractivity (Wildman–Crippen MR) is 114 cm³/mol. The largest absolute Gasteiger partial charge is 0.450 e. The van der Waals surface area contributed by atoms with E-state index in [9.17, 15) is 4.79 Å². The molecule has 5 nitrogen and oxygen atoms in total. The van der Waals surface area contributed by atoms with Crippen molar-refractivity contribution in [1.82, 2.24) is 10.2 Å². The Hall–Kier alpha value is -2.41. The first-order valence-corrected chi connectivity index (χ1v) is 10.5. The molecule has 0 bridgehead atoms. The Balaban J connectivity index is 1.44. The first-order valence-electron chi connectivity index (χ1n) is 9.66. The summed E-state index contributed by atoms with van der Waals surface area (Å²) in [5.74, 6) is 0.752. The van der Waals surface area contributed by atoms with Crippen molar-refractivity contribution >= 4 is 21.8 Å². The van der Waals surface area contributed by atoms with E-state index in [0.29, 0.717) is 30.8 Å². The Morgan fingerprint density at radius 2 is 1.69 bits per heavy atom. The number of nitrogens with one attached hydrogen (secondary N) is 1. The summed E-state index contributed by atoms with van der Waals surface area (Å²) in [4.78, 5) is 14.8. The van der Waals surface area contributed by atoms with Crippen LogP contribution in [0.1, 0.15) is 29.5 Å². The topological polar surface area (TPSA) is 54.7 Å². The van der Waals surface area contributed by atoms with E-state index in [1.165, 1.54) is 5.56 Å². The predicted octanol–water partition coefficient (Wildman–Crippen LogP) is 4.65. The highest BCUT2D eigenvalue weighted by molar-refractivity contribution is 9.10. The van der Waals surface area contributed by atoms with Crippen LogP contribution in [-0.4, -0.2) is 23.5 Å². The summed E-state index contributed by atoms with van der Waals surface area (Å²) < 4.78 is 12.5. The van der Waals surface area contributed by atoms with Gasteiger partial charge < -0.3 is 14.5 Å². The fraction of sp³-hybridized carbons (Fsp3) is 0.261. The van der Waals surface area contributed by atoms with Crippen molar-refractivity contribution in [3.63, 3.8) is 0 Å². The molecule has 1 aliphatic rings. The van der Waals surface area contributed by atoms with Gasteiger partial charge in [-0.25, -0.2) is 0 Å². The average Bonchev–Trinajstić information content (AvgIpc) is 3.34. The molecule has 1 saturated heterocycles. The number of carbonyl (C=O) groups is 1. The third kappa shape index (κ3) is 5.15. The highest BCUT2D eigenvalue weighted by Gasteiger charge is 2.38.